The Labute approximate surface area is 85.9 Å². The third-order valence-electron chi connectivity index (χ3n) is 0.951. The molecule has 0 unspecified atom stereocenters. The zero-order chi connectivity index (χ0) is 9.28. The van der Waals surface area contributed by atoms with E-state index in [0.717, 1.165) is 0 Å². The first-order valence-electron chi connectivity index (χ1n) is 3.15. The summed E-state index contributed by atoms with van der Waals surface area (Å²) in [5, 5.41) is 0. The number of hydrogen-bond acceptors (Lipinski definition) is 2. The van der Waals surface area contributed by atoms with E-state index < -0.39 is 20.4 Å². The van der Waals surface area contributed by atoms with Crippen molar-refractivity contribution in [2.24, 2.45) is 0 Å². The molecule has 0 spiro atoms. The molecule has 0 saturated carbocycles. The van der Waals surface area contributed by atoms with E-state index in [9.17, 15) is 0 Å². The van der Waals surface area contributed by atoms with E-state index in [4.69, 9.17) is 0 Å². The minimum Gasteiger partial charge on any atom is -0.175 e. The number of hydrogen-bond donors (Lipinski definition) is 0. The summed E-state index contributed by atoms with van der Waals surface area (Å²) in [6, 6.07) is 0. The summed E-state index contributed by atoms with van der Waals surface area (Å²) >= 11 is 3.47. The number of nitrogens with zero attached hydrogens (tertiary/aromatic N) is 1. The van der Waals surface area contributed by atoms with Crippen LogP contribution in [0.2, 0.25) is 0 Å². The highest BCUT2D eigenvalue weighted by atomic mass is 79.9. The lowest BCUT2D eigenvalue weighted by atomic mass is 11.9. The zero-order valence-corrected chi connectivity index (χ0v) is 12.1. The van der Waals surface area contributed by atoms with Gasteiger partial charge in [0.1, 0.15) is 0 Å². The van der Waals surface area contributed by atoms with Crippen LogP contribution in [0.4, 0.5) is 0 Å². The highest BCUT2D eigenvalue weighted by molar-refractivity contribution is 9.50. The molecule has 0 aromatic carbocycles. The predicted molar refractivity (Wildman–Crippen MR) is 69.1 cm³/mol. The van der Waals surface area contributed by atoms with E-state index in [1.165, 1.54) is 0 Å². The molecular formula is C6H18BrNS3. The fourth-order valence-electron chi connectivity index (χ4n) is 0.840. The van der Waals surface area contributed by atoms with Crippen LogP contribution in [0.15, 0.2) is 0 Å². The molecule has 0 aliphatic rings. The summed E-state index contributed by atoms with van der Waals surface area (Å²) in [7, 11) is 0.531. The number of halogens is 1. The second-order valence-electron chi connectivity index (χ2n) is 3.84. The van der Waals surface area contributed by atoms with Crippen LogP contribution in [0.3, 0.4) is 0 Å². The van der Waals surface area contributed by atoms with Gasteiger partial charge < -0.3 is 0 Å². The normalized spacial score (nSPS) is 17.1. The summed E-state index contributed by atoms with van der Waals surface area (Å²) < 4.78 is 2.50. The third kappa shape index (κ3) is 4.31. The Kier molecular flexibility index (Phi) is 4.69. The van der Waals surface area contributed by atoms with Gasteiger partial charge in [0.05, 0.1) is 0 Å². The van der Waals surface area contributed by atoms with Crippen LogP contribution in [-0.2, 0) is 0 Å². The van der Waals surface area contributed by atoms with Gasteiger partial charge in [0.25, 0.3) is 0 Å². The van der Waals surface area contributed by atoms with E-state index in [-0.39, 0.29) is 0 Å². The lowest BCUT2D eigenvalue weighted by Gasteiger charge is -2.48. The molecule has 0 radical (unpaired) electrons. The Bertz CT molecular complexity index is 113. The molecule has 0 fully saturated rings. The summed E-state index contributed by atoms with van der Waals surface area (Å²) in [5.74, 6) is 0. The molecule has 72 valence electrons. The molecule has 0 N–H and O–H groups in total. The van der Waals surface area contributed by atoms with Crippen LogP contribution in [0, 0.1) is 0 Å². The molecule has 0 atom stereocenters. The van der Waals surface area contributed by atoms with Gasteiger partial charge in [-0.3, -0.25) is 0 Å². The van der Waals surface area contributed by atoms with Gasteiger partial charge in [0.15, 0.2) is 0 Å². The van der Waals surface area contributed by atoms with Crippen molar-refractivity contribution in [2.45, 2.75) is 0 Å². The van der Waals surface area contributed by atoms with Crippen LogP contribution >= 0.6 is 45.6 Å². The van der Waals surface area contributed by atoms with Crippen LogP contribution in [0.25, 0.3) is 0 Å². The SMILES string of the molecule is CS(C)(C)N(SBr)S(C)(C)C. The Morgan fingerprint density at radius 2 is 1.18 bits per heavy atom. The van der Waals surface area contributed by atoms with Gasteiger partial charge in [-0.1, -0.05) is 0 Å². The van der Waals surface area contributed by atoms with Crippen LogP contribution in [0.5, 0.6) is 0 Å². The van der Waals surface area contributed by atoms with Crippen molar-refractivity contribution < 1.29 is 0 Å². The Balaban J connectivity index is 4.43. The quantitative estimate of drug-likeness (QED) is 0.728. The van der Waals surface area contributed by atoms with Gasteiger partial charge >= 0.3 is 0 Å². The summed E-state index contributed by atoms with van der Waals surface area (Å²) in [6.07, 6.45) is 13.9. The molecule has 0 aliphatic carbocycles. The molecule has 1 nitrogen and oxygen atoms in total. The largest absolute Gasteiger partial charge is 0.175 e. The minimum atomic E-state index is -0.586. The van der Waals surface area contributed by atoms with Crippen molar-refractivity contribution in [3.8, 4) is 0 Å². The second-order valence-corrected chi connectivity index (χ2v) is 13.7. The average molecular weight is 280 g/mol. The second kappa shape index (κ2) is 4.13. The number of rotatable bonds is 3. The van der Waals surface area contributed by atoms with Gasteiger partial charge in [-0.15, -0.1) is 0 Å². The van der Waals surface area contributed by atoms with Crippen LogP contribution in [-0.4, -0.2) is 40.7 Å². The van der Waals surface area contributed by atoms with E-state index in [1.54, 1.807) is 10.4 Å². The molecule has 0 aliphatic heterocycles. The molecule has 0 aromatic rings. The van der Waals surface area contributed by atoms with Crippen molar-refractivity contribution in [2.75, 3.05) is 37.5 Å². The lowest BCUT2D eigenvalue weighted by molar-refractivity contribution is 1.23. The van der Waals surface area contributed by atoms with E-state index >= 15 is 0 Å². The van der Waals surface area contributed by atoms with Crippen molar-refractivity contribution in [1.82, 2.24) is 3.12 Å². The fraction of sp³-hybridized carbons (Fsp3) is 1.00. The van der Waals surface area contributed by atoms with E-state index in [2.05, 4.69) is 55.5 Å². The van der Waals surface area contributed by atoms with Gasteiger partial charge in [-0.25, -0.2) is 0 Å². The maximum atomic E-state index is 3.47. The topological polar surface area (TPSA) is 3.24 Å². The van der Waals surface area contributed by atoms with Gasteiger partial charge in [-0.2, -0.15) is 23.5 Å². The Morgan fingerprint density at radius 3 is 1.18 bits per heavy atom. The molecule has 0 bridgehead atoms. The molecule has 5 heteroatoms. The maximum Gasteiger partial charge on any atom is 0.0209 e. The standard InChI is InChI=1S/C6H18BrNS3/c1-10(2,3)8(9-7)11(4,5)6/h1-6H3. The minimum absolute atomic E-state index is 0.586. The summed E-state index contributed by atoms with van der Waals surface area (Å²) in [4.78, 5) is 0. The molecule has 0 saturated heterocycles. The molecule has 11 heavy (non-hydrogen) atoms. The fourth-order valence-corrected chi connectivity index (χ4v) is 13.9. The molecule has 0 aromatic heterocycles. The smallest absolute Gasteiger partial charge is 0.0209 e. The van der Waals surface area contributed by atoms with Gasteiger partial charge in [0.2, 0.25) is 0 Å². The van der Waals surface area contributed by atoms with Gasteiger partial charge in [-0.05, 0) is 37.5 Å². The van der Waals surface area contributed by atoms with Crippen LogP contribution < -0.4 is 0 Å². The van der Waals surface area contributed by atoms with Crippen LogP contribution in [0.1, 0.15) is 0 Å². The molecule has 0 heterocycles. The lowest BCUT2D eigenvalue weighted by Crippen LogP contribution is -2.20. The predicted octanol–water partition coefficient (Wildman–Crippen LogP) is 3.46. The molecular weight excluding hydrogens is 262 g/mol. The summed E-state index contributed by atoms with van der Waals surface area (Å²) in [5.41, 5.74) is 0. The van der Waals surface area contributed by atoms with E-state index in [1.807, 2.05) is 0 Å². The monoisotopic (exact) mass is 279 g/mol. The highest BCUT2D eigenvalue weighted by Crippen LogP contribution is 2.62. The Morgan fingerprint density at radius 1 is 0.909 bits per heavy atom. The summed E-state index contributed by atoms with van der Waals surface area (Å²) in [6.45, 7) is 0. The van der Waals surface area contributed by atoms with E-state index in [0.29, 0.717) is 0 Å². The molecule has 0 rings (SSSR count). The maximum absolute atomic E-state index is 3.47. The first-order valence-corrected chi connectivity index (χ1v) is 11.4. The highest BCUT2D eigenvalue weighted by Gasteiger charge is 2.24. The van der Waals surface area contributed by atoms with Crippen molar-refractivity contribution in [3.05, 3.63) is 0 Å². The van der Waals surface area contributed by atoms with Gasteiger partial charge in [0, 0.05) is 25.2 Å². The third-order valence-corrected chi connectivity index (χ3v) is 10.7. The average Bonchev–Trinajstić information content (AvgIpc) is 1.56. The Hall–Kier alpha value is 1.49. The van der Waals surface area contributed by atoms with Crippen molar-refractivity contribution in [3.63, 3.8) is 0 Å². The zero-order valence-electron chi connectivity index (χ0n) is 8.05. The first-order chi connectivity index (χ1) is 4.69. The van der Waals surface area contributed by atoms with Crippen molar-refractivity contribution in [1.29, 1.82) is 0 Å². The first kappa shape index (κ1) is 12.5. The molecule has 0 amide bonds. The van der Waals surface area contributed by atoms with Crippen molar-refractivity contribution >= 4 is 45.6 Å².